The molecule has 0 saturated carbocycles. The number of fused-ring (bicyclic) bond motifs is 1. The van der Waals surface area contributed by atoms with Crippen LogP contribution in [0.15, 0.2) is 71.6 Å². The van der Waals surface area contributed by atoms with Gasteiger partial charge in [0.05, 0.1) is 12.0 Å². The van der Waals surface area contributed by atoms with Crippen LogP contribution in [0.4, 0.5) is 5.69 Å². The van der Waals surface area contributed by atoms with Crippen molar-refractivity contribution in [3.63, 3.8) is 0 Å². The summed E-state index contributed by atoms with van der Waals surface area (Å²) >= 11 is 0. The highest BCUT2D eigenvalue weighted by Gasteiger charge is 2.19. The highest BCUT2D eigenvalue weighted by Crippen LogP contribution is 2.31. The molecular weight excluding hydrogens is 444 g/mol. The second-order valence-corrected chi connectivity index (χ2v) is 9.18. The third-order valence-electron chi connectivity index (χ3n) is 5.11. The van der Waals surface area contributed by atoms with Crippen molar-refractivity contribution in [3.05, 3.63) is 77.9 Å². The number of anilines is 1. The molecule has 33 heavy (non-hydrogen) atoms. The fraction of sp³-hybridized carbons (Fsp3) is 0.208. The number of hydrogen-bond acceptors (Lipinski definition) is 6. The van der Waals surface area contributed by atoms with Crippen molar-refractivity contribution in [2.45, 2.75) is 11.4 Å². The zero-order valence-electron chi connectivity index (χ0n) is 18.3. The third kappa shape index (κ3) is 5.20. The molecule has 0 aliphatic carbocycles. The van der Waals surface area contributed by atoms with Crippen molar-refractivity contribution in [3.8, 4) is 17.2 Å². The summed E-state index contributed by atoms with van der Waals surface area (Å²) in [6, 6.07) is 18.0. The van der Waals surface area contributed by atoms with E-state index in [0.717, 1.165) is 5.56 Å². The van der Waals surface area contributed by atoms with Crippen LogP contribution >= 0.6 is 0 Å². The Kier molecular flexibility index (Phi) is 6.41. The van der Waals surface area contributed by atoms with Crippen LogP contribution in [0.3, 0.4) is 0 Å². The summed E-state index contributed by atoms with van der Waals surface area (Å²) in [5.74, 6) is 1.65. The largest absolute Gasteiger partial charge is 0.497 e. The minimum atomic E-state index is -3.88. The smallest absolute Gasteiger partial charge is 0.261 e. The fourth-order valence-electron chi connectivity index (χ4n) is 3.42. The number of sulfonamides is 1. The number of carbonyl (C=O) groups excluding carboxylic acids is 1. The SMILES string of the molecule is COc1ccc(NS(=O)(=O)c2cccc(C(=O)N(C)Cc3ccc4c(c3)OCCO4)c2)cc1. The van der Waals surface area contributed by atoms with Crippen molar-refractivity contribution in [1.29, 1.82) is 0 Å². The Bertz CT molecular complexity index is 1260. The summed E-state index contributed by atoms with van der Waals surface area (Å²) in [7, 11) is -0.679. The van der Waals surface area contributed by atoms with Crippen LogP contribution in [0.1, 0.15) is 15.9 Å². The summed E-state index contributed by atoms with van der Waals surface area (Å²) in [6.45, 7) is 1.32. The van der Waals surface area contributed by atoms with Gasteiger partial charge >= 0.3 is 0 Å². The van der Waals surface area contributed by atoms with Crippen LogP contribution in [-0.4, -0.2) is 46.6 Å². The van der Waals surface area contributed by atoms with E-state index < -0.39 is 10.0 Å². The quantitative estimate of drug-likeness (QED) is 0.570. The molecular formula is C24H24N2O6S. The van der Waals surface area contributed by atoms with E-state index in [1.54, 1.807) is 43.4 Å². The van der Waals surface area contributed by atoms with Gasteiger partial charge in [0.2, 0.25) is 0 Å². The molecule has 0 atom stereocenters. The first-order valence-electron chi connectivity index (χ1n) is 10.3. The van der Waals surface area contributed by atoms with Crippen LogP contribution in [0.5, 0.6) is 17.2 Å². The molecule has 1 aliphatic heterocycles. The van der Waals surface area contributed by atoms with Gasteiger partial charge in [0.25, 0.3) is 15.9 Å². The van der Waals surface area contributed by atoms with E-state index in [1.165, 1.54) is 24.1 Å². The maximum Gasteiger partial charge on any atom is 0.261 e. The first kappa shape index (κ1) is 22.5. The van der Waals surface area contributed by atoms with E-state index in [2.05, 4.69) is 4.72 Å². The van der Waals surface area contributed by atoms with Gasteiger partial charge in [0, 0.05) is 24.8 Å². The Hall–Kier alpha value is -3.72. The predicted molar refractivity (Wildman–Crippen MR) is 123 cm³/mol. The molecule has 3 aromatic rings. The Labute approximate surface area is 192 Å². The molecule has 1 heterocycles. The molecule has 0 radical (unpaired) electrons. The van der Waals surface area contributed by atoms with Gasteiger partial charge in [0.1, 0.15) is 19.0 Å². The lowest BCUT2D eigenvalue weighted by molar-refractivity contribution is 0.0784. The van der Waals surface area contributed by atoms with Crippen molar-refractivity contribution in [2.24, 2.45) is 0 Å². The van der Waals surface area contributed by atoms with Crippen LogP contribution in [0.25, 0.3) is 0 Å². The van der Waals surface area contributed by atoms with Crippen molar-refractivity contribution in [2.75, 3.05) is 32.1 Å². The zero-order valence-corrected chi connectivity index (χ0v) is 19.1. The summed E-state index contributed by atoms with van der Waals surface area (Å²) < 4.78 is 44.4. The van der Waals surface area contributed by atoms with Gasteiger partial charge in [0.15, 0.2) is 11.5 Å². The predicted octanol–water partition coefficient (Wildman–Crippen LogP) is 3.54. The Morgan fingerprint density at radius 3 is 2.45 bits per heavy atom. The van der Waals surface area contributed by atoms with E-state index in [9.17, 15) is 13.2 Å². The average molecular weight is 469 g/mol. The number of methoxy groups -OCH3 is 1. The number of hydrogen-bond donors (Lipinski definition) is 1. The van der Waals surface area contributed by atoms with E-state index in [-0.39, 0.29) is 16.4 Å². The summed E-state index contributed by atoms with van der Waals surface area (Å²) in [5.41, 5.74) is 1.54. The van der Waals surface area contributed by atoms with Crippen LogP contribution in [0, 0.1) is 0 Å². The lowest BCUT2D eigenvalue weighted by Crippen LogP contribution is -2.26. The zero-order chi connectivity index (χ0) is 23.4. The van der Waals surface area contributed by atoms with Gasteiger partial charge < -0.3 is 19.1 Å². The highest BCUT2D eigenvalue weighted by molar-refractivity contribution is 7.92. The summed E-state index contributed by atoms with van der Waals surface area (Å²) in [6.07, 6.45) is 0. The van der Waals surface area contributed by atoms with E-state index in [0.29, 0.717) is 42.7 Å². The van der Waals surface area contributed by atoms with Crippen LogP contribution in [-0.2, 0) is 16.6 Å². The first-order valence-corrected chi connectivity index (χ1v) is 11.7. The normalized spacial score (nSPS) is 12.7. The minimum absolute atomic E-state index is 0.00287. The number of carbonyl (C=O) groups is 1. The highest BCUT2D eigenvalue weighted by atomic mass is 32.2. The standard InChI is InChI=1S/C24H24N2O6S/c1-26(16-17-6-11-22-23(14-17)32-13-12-31-22)24(27)18-4-3-5-21(15-18)33(28,29)25-19-7-9-20(30-2)10-8-19/h3-11,14-15,25H,12-13,16H2,1-2H3. The molecule has 9 heteroatoms. The molecule has 3 aromatic carbocycles. The number of ether oxygens (including phenoxy) is 3. The lowest BCUT2D eigenvalue weighted by Gasteiger charge is -2.21. The second kappa shape index (κ2) is 9.41. The maximum absolute atomic E-state index is 13.0. The van der Waals surface area contributed by atoms with Crippen molar-refractivity contribution >= 4 is 21.6 Å². The van der Waals surface area contributed by atoms with E-state index in [4.69, 9.17) is 14.2 Å². The van der Waals surface area contributed by atoms with E-state index >= 15 is 0 Å². The Morgan fingerprint density at radius 1 is 1.00 bits per heavy atom. The molecule has 1 N–H and O–H groups in total. The molecule has 0 saturated heterocycles. The second-order valence-electron chi connectivity index (χ2n) is 7.50. The topological polar surface area (TPSA) is 94.2 Å². The van der Waals surface area contributed by atoms with Crippen LogP contribution < -0.4 is 18.9 Å². The molecule has 0 fully saturated rings. The lowest BCUT2D eigenvalue weighted by atomic mass is 10.1. The van der Waals surface area contributed by atoms with Crippen molar-refractivity contribution < 1.29 is 27.4 Å². The monoisotopic (exact) mass is 468 g/mol. The molecule has 0 unspecified atom stereocenters. The number of amides is 1. The van der Waals surface area contributed by atoms with E-state index in [1.807, 2.05) is 18.2 Å². The number of benzene rings is 3. The molecule has 8 nitrogen and oxygen atoms in total. The molecule has 1 amide bonds. The number of rotatable bonds is 7. The molecule has 0 aromatic heterocycles. The van der Waals surface area contributed by atoms with Gasteiger partial charge in [-0.15, -0.1) is 0 Å². The maximum atomic E-state index is 13.0. The number of nitrogens with zero attached hydrogens (tertiary/aromatic N) is 1. The molecule has 1 aliphatic rings. The molecule has 4 rings (SSSR count). The Morgan fingerprint density at radius 2 is 1.73 bits per heavy atom. The van der Waals surface area contributed by atoms with Crippen LogP contribution in [0.2, 0.25) is 0 Å². The van der Waals surface area contributed by atoms with Crippen molar-refractivity contribution in [1.82, 2.24) is 4.90 Å². The average Bonchev–Trinajstić information content (AvgIpc) is 2.84. The molecule has 0 bridgehead atoms. The third-order valence-corrected chi connectivity index (χ3v) is 6.49. The number of nitrogens with one attached hydrogen (secondary N) is 1. The molecule has 172 valence electrons. The van der Waals surface area contributed by atoms with Gasteiger partial charge in [-0.05, 0) is 60.2 Å². The molecule has 0 spiro atoms. The fourth-order valence-corrected chi connectivity index (χ4v) is 4.53. The Balaban J connectivity index is 1.48. The first-order chi connectivity index (χ1) is 15.9. The minimum Gasteiger partial charge on any atom is -0.497 e. The summed E-state index contributed by atoms with van der Waals surface area (Å²) in [5, 5.41) is 0. The summed E-state index contributed by atoms with van der Waals surface area (Å²) in [4.78, 5) is 14.5. The van der Waals surface area contributed by atoms with Gasteiger partial charge in [-0.2, -0.15) is 0 Å². The van der Waals surface area contributed by atoms with Gasteiger partial charge in [-0.25, -0.2) is 8.42 Å². The van der Waals surface area contributed by atoms with Gasteiger partial charge in [-0.3, -0.25) is 9.52 Å². The van der Waals surface area contributed by atoms with Gasteiger partial charge in [-0.1, -0.05) is 12.1 Å².